The number of hydrogen-bond acceptors (Lipinski definition) is 6. The molecule has 16 heteroatoms. The smallest absolute Gasteiger partial charge is 0.274 e. The van der Waals surface area contributed by atoms with Crippen LogP contribution in [0.25, 0.3) is 0 Å². The first-order valence-corrected chi connectivity index (χ1v) is 13.7. The second-order valence-electron chi connectivity index (χ2n) is 9.76. The van der Waals surface area contributed by atoms with Crippen molar-refractivity contribution in [2.45, 2.75) is 26.2 Å². The van der Waals surface area contributed by atoms with E-state index in [1.165, 1.54) is 0 Å². The van der Waals surface area contributed by atoms with Crippen LogP contribution in [0.3, 0.4) is 0 Å². The zero-order chi connectivity index (χ0) is 29.6. The molecular weight excluding hydrogens is 587 g/mol. The average Bonchev–Trinajstić information content (AvgIpc) is 3.49. The van der Waals surface area contributed by atoms with Crippen molar-refractivity contribution in [1.82, 2.24) is 29.6 Å². The van der Waals surface area contributed by atoms with Crippen molar-refractivity contribution in [2.24, 2.45) is 10.2 Å². The van der Waals surface area contributed by atoms with Crippen molar-refractivity contribution in [3.05, 3.63) is 114 Å². The van der Waals surface area contributed by atoms with Crippen LogP contribution in [-0.4, -0.2) is 77.7 Å². The highest BCUT2D eigenvalue weighted by Gasteiger charge is 2.31. The van der Waals surface area contributed by atoms with Gasteiger partial charge in [-0.15, -0.1) is 0 Å². The third-order valence-corrected chi connectivity index (χ3v) is 7.26. The number of guanidine groups is 2. The fourth-order valence-corrected chi connectivity index (χ4v) is 5.21. The molecule has 14 nitrogen and oxygen atoms in total. The summed E-state index contributed by atoms with van der Waals surface area (Å²) < 4.78 is 0. The molecular formula is C26H26Cl2N10O4. The van der Waals surface area contributed by atoms with Crippen molar-refractivity contribution in [3.63, 3.8) is 0 Å². The van der Waals surface area contributed by atoms with Gasteiger partial charge in [-0.1, -0.05) is 59.6 Å². The number of aromatic nitrogens is 2. The minimum absolute atomic E-state index is 0.271. The van der Waals surface area contributed by atoms with Gasteiger partial charge in [-0.25, -0.2) is 30.2 Å². The van der Waals surface area contributed by atoms with Crippen LogP contribution in [0.15, 0.2) is 71.1 Å². The lowest BCUT2D eigenvalue weighted by molar-refractivity contribution is -0.486. The van der Waals surface area contributed by atoms with Crippen LogP contribution < -0.4 is 0 Å². The first-order chi connectivity index (χ1) is 20.2. The topological polar surface area (TPSA) is 150 Å². The fourth-order valence-electron chi connectivity index (χ4n) is 4.99. The van der Waals surface area contributed by atoms with Gasteiger partial charge in [-0.3, -0.25) is 0 Å². The van der Waals surface area contributed by atoms with E-state index in [9.17, 15) is 20.2 Å². The summed E-state index contributed by atoms with van der Waals surface area (Å²) in [6.45, 7) is 3.84. The third kappa shape index (κ3) is 7.39. The van der Waals surface area contributed by atoms with Gasteiger partial charge in [0, 0.05) is 64.8 Å². The highest BCUT2D eigenvalue weighted by molar-refractivity contribution is 6.29. The molecule has 2 saturated heterocycles. The molecule has 2 aromatic heterocycles. The number of pyridine rings is 2. The van der Waals surface area contributed by atoms with Crippen molar-refractivity contribution in [3.8, 4) is 0 Å². The van der Waals surface area contributed by atoms with Gasteiger partial charge >= 0.3 is 0 Å². The monoisotopic (exact) mass is 612 g/mol. The minimum atomic E-state index is -0.688. The molecule has 0 N–H and O–H groups in total. The van der Waals surface area contributed by atoms with E-state index in [0.717, 1.165) is 22.3 Å². The summed E-state index contributed by atoms with van der Waals surface area (Å²) in [6, 6.07) is 14.8. The molecule has 0 aliphatic carbocycles. The number of rotatable bonds is 10. The lowest BCUT2D eigenvalue weighted by Crippen LogP contribution is -2.34. The fraction of sp³-hybridized carbons (Fsp3) is 0.308. The number of hydrogen-bond donors (Lipinski definition) is 0. The second-order valence-corrected chi connectivity index (χ2v) is 10.5. The zero-order valence-electron chi connectivity index (χ0n) is 22.3. The van der Waals surface area contributed by atoms with Gasteiger partial charge in [0.15, 0.2) is 10.1 Å². The Hall–Kier alpha value is -4.56. The van der Waals surface area contributed by atoms with Gasteiger partial charge in [0.2, 0.25) is 0 Å². The predicted octanol–water partition coefficient (Wildman–Crippen LogP) is 3.51. The lowest BCUT2D eigenvalue weighted by atomic mass is 10.1. The number of nitro groups is 2. The maximum Gasteiger partial charge on any atom is 0.274 e. The molecule has 0 saturated carbocycles. The highest BCUT2D eigenvalue weighted by Crippen LogP contribution is 2.21. The summed E-state index contributed by atoms with van der Waals surface area (Å²) in [5, 5.41) is 29.5. The van der Waals surface area contributed by atoms with E-state index in [0.29, 0.717) is 62.7 Å². The van der Waals surface area contributed by atoms with Crippen LogP contribution in [0, 0.1) is 20.2 Å². The molecule has 2 fully saturated rings. The second kappa shape index (κ2) is 13.0. The summed E-state index contributed by atoms with van der Waals surface area (Å²) >= 11 is 11.8. The molecule has 0 atom stereocenters. The molecule has 0 spiro atoms. The maximum absolute atomic E-state index is 11.4. The molecule has 0 radical (unpaired) electrons. The molecule has 0 amide bonds. The molecule has 218 valence electrons. The summed E-state index contributed by atoms with van der Waals surface area (Å²) in [6.07, 6.45) is 3.28. The Morgan fingerprint density at radius 2 is 1.02 bits per heavy atom. The zero-order valence-corrected chi connectivity index (χ0v) is 23.8. The van der Waals surface area contributed by atoms with Gasteiger partial charge in [0.25, 0.3) is 11.9 Å². The summed E-state index contributed by atoms with van der Waals surface area (Å²) in [4.78, 5) is 38.3. The van der Waals surface area contributed by atoms with Gasteiger partial charge < -0.3 is 19.6 Å². The Morgan fingerprint density at radius 3 is 1.36 bits per heavy atom. The normalized spacial score (nSPS) is 17.1. The lowest BCUT2D eigenvalue weighted by Gasteiger charge is -2.22. The van der Waals surface area contributed by atoms with E-state index >= 15 is 0 Å². The van der Waals surface area contributed by atoms with E-state index in [-0.39, 0.29) is 11.9 Å². The Labute approximate surface area is 250 Å². The molecule has 2 aliphatic heterocycles. The van der Waals surface area contributed by atoms with E-state index in [4.69, 9.17) is 23.2 Å². The summed E-state index contributed by atoms with van der Waals surface area (Å²) in [7, 11) is 0. The number of nitrogens with zero attached hydrogens (tertiary/aromatic N) is 10. The number of hydrazone groups is 2. The molecule has 0 bridgehead atoms. The standard InChI is InChI=1S/C26H26Cl2N10O4/c27-23-6-4-21(13-29-23)17-35-10-8-33(25(35)31-37(39)40)15-19-2-1-3-20(12-19)16-34-9-11-36(26(34)32-38(41)42)18-22-5-7-24(28)30-14-22/h1-7,12-14H,8-11,15-18H2/b31-25-,32-26-. The number of benzene rings is 1. The Morgan fingerprint density at radius 1 is 0.643 bits per heavy atom. The quantitative estimate of drug-likeness (QED) is 0.189. The van der Waals surface area contributed by atoms with E-state index in [1.54, 1.807) is 24.5 Å². The molecule has 2 aliphatic rings. The predicted molar refractivity (Wildman–Crippen MR) is 155 cm³/mol. The molecule has 1 aromatic carbocycles. The van der Waals surface area contributed by atoms with E-state index in [1.807, 2.05) is 56.0 Å². The largest absolute Gasteiger partial charge is 0.331 e. The molecule has 5 rings (SSSR count). The highest BCUT2D eigenvalue weighted by atomic mass is 35.5. The van der Waals surface area contributed by atoms with Crippen LogP contribution >= 0.6 is 23.2 Å². The van der Waals surface area contributed by atoms with Gasteiger partial charge in [-0.05, 0) is 34.4 Å². The van der Waals surface area contributed by atoms with Gasteiger partial charge in [0.05, 0.1) is 0 Å². The SMILES string of the molecule is O=[N+]([O-])/N=C1\N(Cc2ccc(Cl)nc2)CCN1Cc1cccc(CN2CCN(Cc3ccc(Cl)nc3)/C2=N\[N+](=O)[O-])c1. The van der Waals surface area contributed by atoms with E-state index < -0.39 is 10.1 Å². The maximum atomic E-state index is 11.4. The van der Waals surface area contributed by atoms with Crippen LogP contribution in [0.2, 0.25) is 10.3 Å². The van der Waals surface area contributed by atoms with Crippen molar-refractivity contribution in [2.75, 3.05) is 26.2 Å². The van der Waals surface area contributed by atoms with Crippen molar-refractivity contribution in [1.29, 1.82) is 0 Å². The van der Waals surface area contributed by atoms with Crippen molar-refractivity contribution >= 4 is 35.1 Å². The van der Waals surface area contributed by atoms with Crippen LogP contribution in [0.5, 0.6) is 0 Å². The number of halogens is 2. The first kappa shape index (κ1) is 29.0. The van der Waals surface area contributed by atoms with Crippen LogP contribution in [0.4, 0.5) is 0 Å². The molecule has 4 heterocycles. The van der Waals surface area contributed by atoms with Crippen LogP contribution in [-0.2, 0) is 26.2 Å². The van der Waals surface area contributed by atoms with Gasteiger partial charge in [-0.2, -0.15) is 0 Å². The van der Waals surface area contributed by atoms with E-state index in [2.05, 4.69) is 20.2 Å². The Bertz CT molecular complexity index is 1390. The summed E-state index contributed by atoms with van der Waals surface area (Å²) in [5.74, 6) is 0.542. The Balaban J connectivity index is 1.28. The van der Waals surface area contributed by atoms with Crippen molar-refractivity contribution < 1.29 is 10.1 Å². The van der Waals surface area contributed by atoms with Crippen LogP contribution in [0.1, 0.15) is 22.3 Å². The minimum Gasteiger partial charge on any atom is -0.331 e. The summed E-state index contributed by atoms with van der Waals surface area (Å²) in [5.41, 5.74) is 3.57. The Kier molecular flexibility index (Phi) is 8.93. The molecule has 42 heavy (non-hydrogen) atoms. The molecule has 3 aromatic rings. The molecule has 0 unspecified atom stereocenters. The first-order valence-electron chi connectivity index (χ1n) is 13.0. The third-order valence-electron chi connectivity index (χ3n) is 6.82. The van der Waals surface area contributed by atoms with Gasteiger partial charge in [0.1, 0.15) is 20.5 Å². The average molecular weight is 613 g/mol.